The molecule has 0 fully saturated rings. The lowest BCUT2D eigenvalue weighted by Gasteiger charge is -2.07. The number of benzene rings is 1. The maximum absolute atomic E-state index is 9.26. The molecule has 0 unspecified atom stereocenters. The number of nitrogens with two attached hydrogens (primary N) is 1. The first-order chi connectivity index (χ1) is 6.15. The molecule has 0 atom stereocenters. The fraction of sp³-hybridized carbons (Fsp3) is 0.200. The number of hydrogen-bond acceptors (Lipinski definition) is 2. The molecule has 3 heteroatoms. The van der Waals surface area contributed by atoms with E-state index in [2.05, 4.69) is 22.5 Å². The molecule has 1 aromatic carbocycles. The Bertz CT molecular complexity index is 323. The second-order valence-corrected chi connectivity index (χ2v) is 3.66. The lowest BCUT2D eigenvalue weighted by molar-refractivity contribution is 0.475. The number of hydrogen-bond donors (Lipinski definition) is 2. The van der Waals surface area contributed by atoms with Crippen LogP contribution in [-0.2, 0) is 0 Å². The number of phenolic OH excluding ortho intramolecular Hbond substituents is 1. The molecule has 70 valence electrons. The minimum absolute atomic E-state index is 0.247. The Morgan fingerprint density at radius 2 is 2.23 bits per heavy atom. The van der Waals surface area contributed by atoms with Crippen LogP contribution in [0.1, 0.15) is 12.0 Å². The van der Waals surface area contributed by atoms with Gasteiger partial charge in [-0.1, -0.05) is 22.5 Å². The molecule has 0 aliphatic rings. The molecule has 0 radical (unpaired) electrons. The van der Waals surface area contributed by atoms with Gasteiger partial charge >= 0.3 is 0 Å². The monoisotopic (exact) mass is 241 g/mol. The summed E-state index contributed by atoms with van der Waals surface area (Å²) >= 11 is 3.39. The fourth-order valence-electron chi connectivity index (χ4n) is 1.09. The zero-order chi connectivity index (χ0) is 9.84. The van der Waals surface area contributed by atoms with Crippen molar-refractivity contribution in [3.05, 3.63) is 34.8 Å². The predicted molar refractivity (Wildman–Crippen MR) is 58.5 cm³/mol. The Kier molecular flexibility index (Phi) is 3.51. The molecule has 0 aromatic heterocycles. The van der Waals surface area contributed by atoms with Crippen LogP contribution in [0.15, 0.2) is 29.3 Å². The number of aromatic hydroxyl groups is 1. The first-order valence-corrected chi connectivity index (χ1v) is 4.81. The molecular formula is C10H12BrNO. The van der Waals surface area contributed by atoms with Crippen LogP contribution >= 0.6 is 15.9 Å². The summed E-state index contributed by atoms with van der Waals surface area (Å²) in [7, 11) is 0. The molecule has 0 aliphatic carbocycles. The van der Waals surface area contributed by atoms with Crippen LogP contribution in [0, 0.1) is 0 Å². The van der Waals surface area contributed by atoms with Gasteiger partial charge in [-0.05, 0) is 42.3 Å². The van der Waals surface area contributed by atoms with Crippen molar-refractivity contribution in [1.82, 2.24) is 0 Å². The molecule has 2 nitrogen and oxygen atoms in total. The van der Waals surface area contributed by atoms with Crippen molar-refractivity contribution in [2.75, 3.05) is 6.54 Å². The maximum Gasteiger partial charge on any atom is 0.116 e. The zero-order valence-corrected chi connectivity index (χ0v) is 8.84. The lowest BCUT2D eigenvalue weighted by atomic mass is 10.0. The molecule has 0 aliphatic heterocycles. The van der Waals surface area contributed by atoms with Crippen molar-refractivity contribution < 1.29 is 5.11 Å². The van der Waals surface area contributed by atoms with Gasteiger partial charge in [0, 0.05) is 4.47 Å². The topological polar surface area (TPSA) is 46.2 Å². The lowest BCUT2D eigenvalue weighted by Crippen LogP contribution is -1.99. The summed E-state index contributed by atoms with van der Waals surface area (Å²) in [6, 6.07) is 5.11. The third kappa shape index (κ3) is 2.57. The largest absolute Gasteiger partial charge is 0.508 e. The Hall–Kier alpha value is -0.800. The summed E-state index contributed by atoms with van der Waals surface area (Å²) in [5.41, 5.74) is 7.27. The van der Waals surface area contributed by atoms with E-state index in [0.717, 1.165) is 22.0 Å². The summed E-state index contributed by atoms with van der Waals surface area (Å²) in [4.78, 5) is 0. The Morgan fingerprint density at radius 3 is 2.85 bits per heavy atom. The van der Waals surface area contributed by atoms with Crippen LogP contribution in [0.5, 0.6) is 5.75 Å². The van der Waals surface area contributed by atoms with E-state index < -0.39 is 0 Å². The Balaban J connectivity index is 2.99. The molecule has 1 rings (SSSR count). The second kappa shape index (κ2) is 4.44. The second-order valence-electron chi connectivity index (χ2n) is 2.81. The van der Waals surface area contributed by atoms with Gasteiger partial charge in [-0.2, -0.15) is 0 Å². The highest BCUT2D eigenvalue weighted by Gasteiger charge is 2.04. The van der Waals surface area contributed by atoms with Crippen molar-refractivity contribution in [3.8, 4) is 5.75 Å². The minimum Gasteiger partial charge on any atom is -0.508 e. The summed E-state index contributed by atoms with van der Waals surface area (Å²) in [5, 5.41) is 9.26. The summed E-state index contributed by atoms with van der Waals surface area (Å²) in [5.74, 6) is 0.247. The van der Waals surface area contributed by atoms with E-state index in [0.29, 0.717) is 6.54 Å². The molecule has 0 heterocycles. The predicted octanol–water partition coefficient (Wildman–Crippen LogP) is 2.52. The van der Waals surface area contributed by atoms with Gasteiger partial charge < -0.3 is 10.8 Å². The van der Waals surface area contributed by atoms with Crippen LogP contribution in [-0.4, -0.2) is 11.7 Å². The molecular weight excluding hydrogens is 230 g/mol. The van der Waals surface area contributed by atoms with Crippen molar-refractivity contribution in [3.63, 3.8) is 0 Å². The van der Waals surface area contributed by atoms with Gasteiger partial charge in [-0.3, -0.25) is 0 Å². The SMILES string of the molecule is C=C(CCN)c1cc(O)ccc1Br. The molecule has 3 N–H and O–H groups in total. The fourth-order valence-corrected chi connectivity index (χ4v) is 1.62. The van der Waals surface area contributed by atoms with Crippen LogP contribution in [0.2, 0.25) is 0 Å². The average Bonchev–Trinajstić information content (AvgIpc) is 2.09. The normalized spacial score (nSPS) is 10.0. The van der Waals surface area contributed by atoms with Crippen molar-refractivity contribution in [2.24, 2.45) is 5.73 Å². The van der Waals surface area contributed by atoms with Crippen LogP contribution in [0.25, 0.3) is 5.57 Å². The number of rotatable bonds is 3. The van der Waals surface area contributed by atoms with E-state index in [1.165, 1.54) is 0 Å². The van der Waals surface area contributed by atoms with E-state index in [-0.39, 0.29) is 5.75 Å². The van der Waals surface area contributed by atoms with Crippen LogP contribution in [0.4, 0.5) is 0 Å². The third-order valence-corrected chi connectivity index (χ3v) is 2.47. The van der Waals surface area contributed by atoms with Crippen molar-refractivity contribution in [2.45, 2.75) is 6.42 Å². The highest BCUT2D eigenvalue weighted by molar-refractivity contribution is 9.10. The molecule has 0 spiro atoms. The summed E-state index contributed by atoms with van der Waals surface area (Å²) in [6.45, 7) is 4.47. The Labute approximate surface area is 86.2 Å². The highest BCUT2D eigenvalue weighted by Crippen LogP contribution is 2.28. The molecule has 0 saturated heterocycles. The van der Waals surface area contributed by atoms with Gasteiger partial charge in [0.25, 0.3) is 0 Å². The van der Waals surface area contributed by atoms with Gasteiger partial charge in [0.2, 0.25) is 0 Å². The molecule has 0 saturated carbocycles. The highest BCUT2D eigenvalue weighted by atomic mass is 79.9. The van der Waals surface area contributed by atoms with E-state index in [9.17, 15) is 5.11 Å². The molecule has 1 aromatic rings. The Morgan fingerprint density at radius 1 is 1.54 bits per heavy atom. The number of halogens is 1. The zero-order valence-electron chi connectivity index (χ0n) is 7.26. The van der Waals surface area contributed by atoms with Gasteiger partial charge in [0.15, 0.2) is 0 Å². The average molecular weight is 242 g/mol. The minimum atomic E-state index is 0.247. The smallest absolute Gasteiger partial charge is 0.116 e. The summed E-state index contributed by atoms with van der Waals surface area (Å²) < 4.78 is 0.934. The standard InChI is InChI=1S/C10H12BrNO/c1-7(4-5-12)9-6-8(13)2-3-10(9)11/h2-3,6,13H,1,4-5,12H2. The van der Waals surface area contributed by atoms with E-state index in [1.54, 1.807) is 18.2 Å². The molecule has 0 bridgehead atoms. The van der Waals surface area contributed by atoms with E-state index >= 15 is 0 Å². The third-order valence-electron chi connectivity index (χ3n) is 1.78. The first-order valence-electron chi connectivity index (χ1n) is 4.02. The van der Waals surface area contributed by atoms with Gasteiger partial charge in [0.1, 0.15) is 5.75 Å². The van der Waals surface area contributed by atoms with Gasteiger partial charge in [-0.15, -0.1) is 0 Å². The van der Waals surface area contributed by atoms with Gasteiger partial charge in [0.05, 0.1) is 0 Å². The van der Waals surface area contributed by atoms with Crippen LogP contribution < -0.4 is 5.73 Å². The summed E-state index contributed by atoms with van der Waals surface area (Å²) in [6.07, 6.45) is 0.738. The van der Waals surface area contributed by atoms with Crippen molar-refractivity contribution >= 4 is 21.5 Å². The molecule has 0 amide bonds. The van der Waals surface area contributed by atoms with Crippen molar-refractivity contribution in [1.29, 1.82) is 0 Å². The molecule has 13 heavy (non-hydrogen) atoms. The maximum atomic E-state index is 9.26. The first kappa shape index (κ1) is 10.3. The van der Waals surface area contributed by atoms with E-state index in [1.807, 2.05) is 0 Å². The van der Waals surface area contributed by atoms with Crippen LogP contribution in [0.3, 0.4) is 0 Å². The van der Waals surface area contributed by atoms with Gasteiger partial charge in [-0.25, -0.2) is 0 Å². The quantitative estimate of drug-likeness (QED) is 0.855. The van der Waals surface area contributed by atoms with E-state index in [4.69, 9.17) is 5.73 Å². The number of phenols is 1.